The lowest BCUT2D eigenvalue weighted by Crippen LogP contribution is -2.21. The van der Waals surface area contributed by atoms with Gasteiger partial charge in [-0.05, 0) is 24.3 Å². The van der Waals surface area contributed by atoms with Gasteiger partial charge in [-0.3, -0.25) is 5.32 Å². The van der Waals surface area contributed by atoms with Crippen molar-refractivity contribution in [2.75, 3.05) is 10.6 Å². The molecule has 2 amide bonds. The van der Waals surface area contributed by atoms with E-state index in [0.29, 0.717) is 0 Å². The van der Waals surface area contributed by atoms with Crippen LogP contribution in [0.2, 0.25) is 0 Å². The molecule has 1 heterocycles. The smallest absolute Gasteiger partial charge is 0.308 e. The van der Waals surface area contributed by atoms with Crippen LogP contribution < -0.4 is 10.6 Å². The Balaban J connectivity index is 2.05. The maximum absolute atomic E-state index is 12.5. The largest absolute Gasteiger partial charge is 0.416 e. The van der Waals surface area contributed by atoms with Crippen molar-refractivity contribution in [1.29, 1.82) is 0 Å². The Morgan fingerprint density at radius 1 is 1.05 bits per heavy atom. The van der Waals surface area contributed by atoms with Crippen LogP contribution in [0.4, 0.5) is 29.6 Å². The van der Waals surface area contributed by atoms with Gasteiger partial charge in [0.25, 0.3) is 0 Å². The molecule has 20 heavy (non-hydrogen) atoms. The first kappa shape index (κ1) is 13.8. The summed E-state index contributed by atoms with van der Waals surface area (Å²) in [6.07, 6.45) is -1.61. The molecule has 0 unspecified atom stereocenters. The minimum Gasteiger partial charge on any atom is -0.308 e. The van der Waals surface area contributed by atoms with Gasteiger partial charge in [0.1, 0.15) is 0 Å². The van der Waals surface area contributed by atoms with Gasteiger partial charge in [-0.15, -0.1) is 0 Å². The summed E-state index contributed by atoms with van der Waals surface area (Å²) in [6, 6.07) is 5.15. The van der Waals surface area contributed by atoms with Crippen LogP contribution in [0.5, 0.6) is 0 Å². The highest BCUT2D eigenvalue weighted by Crippen LogP contribution is 2.30. The van der Waals surface area contributed by atoms with Gasteiger partial charge in [-0.1, -0.05) is 6.07 Å². The summed E-state index contributed by atoms with van der Waals surface area (Å²) in [5, 5.41) is 4.57. The van der Waals surface area contributed by atoms with E-state index in [0.717, 1.165) is 12.1 Å². The topological polar surface area (TPSA) is 66.9 Å². The van der Waals surface area contributed by atoms with Gasteiger partial charge >= 0.3 is 12.2 Å². The van der Waals surface area contributed by atoms with E-state index in [1.165, 1.54) is 24.5 Å². The van der Waals surface area contributed by atoms with Gasteiger partial charge in [-0.2, -0.15) is 13.2 Å². The number of nitrogens with zero attached hydrogens (tertiary/aromatic N) is 2. The summed E-state index contributed by atoms with van der Waals surface area (Å²) in [6.45, 7) is 0. The number of alkyl halides is 3. The maximum Gasteiger partial charge on any atom is 0.416 e. The zero-order valence-electron chi connectivity index (χ0n) is 9.98. The van der Waals surface area contributed by atoms with Crippen LogP contribution in [0.25, 0.3) is 0 Å². The Hall–Kier alpha value is -2.64. The zero-order chi connectivity index (χ0) is 14.6. The van der Waals surface area contributed by atoms with E-state index in [1.807, 2.05) is 0 Å². The van der Waals surface area contributed by atoms with Gasteiger partial charge in [0.05, 0.1) is 5.56 Å². The van der Waals surface area contributed by atoms with E-state index in [2.05, 4.69) is 20.6 Å². The molecule has 0 saturated heterocycles. The van der Waals surface area contributed by atoms with Crippen molar-refractivity contribution in [2.24, 2.45) is 0 Å². The Morgan fingerprint density at radius 3 is 2.40 bits per heavy atom. The minimum absolute atomic E-state index is 0.0215. The Labute approximate surface area is 111 Å². The SMILES string of the molecule is O=C(Nc1cccc(C(F)(F)F)c1)Nc1ncccn1. The molecule has 0 aliphatic carbocycles. The van der Waals surface area contributed by atoms with Crippen molar-refractivity contribution in [1.82, 2.24) is 9.97 Å². The minimum atomic E-state index is -4.46. The molecule has 0 atom stereocenters. The maximum atomic E-state index is 12.5. The number of anilines is 2. The fraction of sp³-hybridized carbons (Fsp3) is 0.0833. The number of amides is 2. The van der Waals surface area contributed by atoms with Crippen molar-refractivity contribution < 1.29 is 18.0 Å². The second-order valence-electron chi connectivity index (χ2n) is 3.73. The third-order valence-corrected chi connectivity index (χ3v) is 2.24. The fourth-order valence-electron chi connectivity index (χ4n) is 1.40. The summed E-state index contributed by atoms with van der Waals surface area (Å²) in [5.41, 5.74) is -0.820. The molecule has 0 spiro atoms. The molecule has 0 radical (unpaired) electrons. The predicted molar refractivity (Wildman–Crippen MR) is 66.1 cm³/mol. The van der Waals surface area contributed by atoms with Crippen LogP contribution in [0.1, 0.15) is 5.56 Å². The van der Waals surface area contributed by atoms with Gasteiger partial charge in [-0.25, -0.2) is 14.8 Å². The van der Waals surface area contributed by atoms with Crippen molar-refractivity contribution in [3.05, 3.63) is 48.3 Å². The lowest BCUT2D eigenvalue weighted by Gasteiger charge is -2.10. The van der Waals surface area contributed by atoms with Gasteiger partial charge < -0.3 is 5.32 Å². The molecule has 8 heteroatoms. The summed E-state index contributed by atoms with van der Waals surface area (Å²) in [4.78, 5) is 19.1. The second-order valence-corrected chi connectivity index (χ2v) is 3.73. The quantitative estimate of drug-likeness (QED) is 0.889. The first-order valence-electron chi connectivity index (χ1n) is 5.47. The number of benzene rings is 1. The molecule has 0 aliphatic heterocycles. The van der Waals surface area contributed by atoms with E-state index in [-0.39, 0.29) is 11.6 Å². The molecule has 1 aromatic heterocycles. The predicted octanol–water partition coefficient (Wildman–Crippen LogP) is 3.14. The third-order valence-electron chi connectivity index (χ3n) is 2.24. The molecule has 2 rings (SSSR count). The molecule has 0 saturated carbocycles. The lowest BCUT2D eigenvalue weighted by molar-refractivity contribution is -0.137. The van der Waals surface area contributed by atoms with E-state index in [9.17, 15) is 18.0 Å². The fourth-order valence-corrected chi connectivity index (χ4v) is 1.40. The summed E-state index contributed by atoms with van der Waals surface area (Å²) in [5.74, 6) is 0.0528. The Kier molecular flexibility index (Phi) is 3.83. The van der Waals surface area contributed by atoms with Crippen molar-refractivity contribution >= 4 is 17.7 Å². The van der Waals surface area contributed by atoms with Crippen molar-refractivity contribution in [3.63, 3.8) is 0 Å². The van der Waals surface area contributed by atoms with Crippen molar-refractivity contribution in [2.45, 2.75) is 6.18 Å². The summed E-state index contributed by atoms with van der Waals surface area (Å²) in [7, 11) is 0. The number of rotatable bonds is 2. The zero-order valence-corrected chi connectivity index (χ0v) is 9.98. The first-order valence-corrected chi connectivity index (χ1v) is 5.47. The molecule has 0 bridgehead atoms. The number of aromatic nitrogens is 2. The third kappa shape index (κ3) is 3.67. The Bertz CT molecular complexity index is 601. The highest BCUT2D eigenvalue weighted by atomic mass is 19.4. The normalized spacial score (nSPS) is 10.9. The van der Waals surface area contributed by atoms with E-state index >= 15 is 0 Å². The van der Waals surface area contributed by atoms with Crippen LogP contribution in [0.15, 0.2) is 42.7 Å². The number of hydrogen-bond acceptors (Lipinski definition) is 3. The standard InChI is InChI=1S/C12H9F3N4O/c13-12(14,15)8-3-1-4-9(7-8)18-11(20)19-10-16-5-2-6-17-10/h1-7H,(H2,16,17,18,19,20). The number of urea groups is 1. The summed E-state index contributed by atoms with van der Waals surface area (Å²) >= 11 is 0. The number of nitrogens with one attached hydrogen (secondary N) is 2. The lowest BCUT2D eigenvalue weighted by atomic mass is 10.2. The molecule has 104 valence electrons. The van der Waals surface area contributed by atoms with Gasteiger partial charge in [0.2, 0.25) is 5.95 Å². The molecular weight excluding hydrogens is 273 g/mol. The molecule has 2 N–H and O–H groups in total. The number of halogens is 3. The van der Waals surface area contributed by atoms with Gasteiger partial charge in [0, 0.05) is 18.1 Å². The molecule has 5 nitrogen and oxygen atoms in total. The van der Waals surface area contributed by atoms with Gasteiger partial charge in [0.15, 0.2) is 0 Å². The Morgan fingerprint density at radius 2 is 1.75 bits per heavy atom. The molecule has 1 aromatic carbocycles. The molecule has 0 fully saturated rings. The molecule has 0 aliphatic rings. The van der Waals surface area contributed by atoms with Crippen molar-refractivity contribution in [3.8, 4) is 0 Å². The molecular formula is C12H9F3N4O. The summed E-state index contributed by atoms with van der Waals surface area (Å²) < 4.78 is 37.5. The van der Waals surface area contributed by atoms with E-state index in [1.54, 1.807) is 6.07 Å². The van der Waals surface area contributed by atoms with Crippen LogP contribution in [0.3, 0.4) is 0 Å². The highest BCUT2D eigenvalue weighted by Gasteiger charge is 2.30. The van der Waals surface area contributed by atoms with Crippen LogP contribution in [0, 0.1) is 0 Å². The first-order chi connectivity index (χ1) is 9.45. The average molecular weight is 282 g/mol. The van der Waals surface area contributed by atoms with E-state index < -0.39 is 17.8 Å². The molecule has 2 aromatic rings. The second kappa shape index (κ2) is 5.55. The van der Waals surface area contributed by atoms with Crippen LogP contribution in [-0.4, -0.2) is 16.0 Å². The van der Waals surface area contributed by atoms with Crippen LogP contribution in [-0.2, 0) is 6.18 Å². The average Bonchev–Trinajstić information content (AvgIpc) is 2.39. The van der Waals surface area contributed by atoms with Crippen LogP contribution >= 0.6 is 0 Å². The number of carbonyl (C=O) groups is 1. The van der Waals surface area contributed by atoms with E-state index in [4.69, 9.17) is 0 Å². The number of carbonyl (C=O) groups excluding carboxylic acids is 1. The highest BCUT2D eigenvalue weighted by molar-refractivity contribution is 5.98. The monoisotopic (exact) mass is 282 g/mol. The number of hydrogen-bond donors (Lipinski definition) is 2.